The van der Waals surface area contributed by atoms with E-state index >= 15 is 0 Å². The second kappa shape index (κ2) is 9.85. The number of benzene rings is 1. The standard InChI is InChI=1S/C18H21N5O4/c1-3-15(24)23-13-6-4-12(5-7-13)17(25)19-8-9-20-18(26)14-10-16(27-2)22-11-21-14/h4-7,10-11H,3,8-9H2,1-2H3,(H,19,25)(H,20,26)(H,23,24). The fourth-order valence-electron chi connectivity index (χ4n) is 2.07. The fraction of sp³-hybridized carbons (Fsp3) is 0.278. The van der Waals surface area contributed by atoms with Crippen molar-refractivity contribution in [2.24, 2.45) is 0 Å². The number of amides is 3. The Morgan fingerprint density at radius 2 is 1.67 bits per heavy atom. The minimum Gasteiger partial charge on any atom is -0.481 e. The molecule has 0 saturated carbocycles. The summed E-state index contributed by atoms with van der Waals surface area (Å²) >= 11 is 0. The zero-order chi connectivity index (χ0) is 19.6. The lowest BCUT2D eigenvalue weighted by atomic mass is 10.2. The molecule has 0 bridgehead atoms. The third-order valence-electron chi connectivity index (χ3n) is 3.53. The summed E-state index contributed by atoms with van der Waals surface area (Å²) in [6, 6.07) is 7.98. The zero-order valence-corrected chi connectivity index (χ0v) is 15.1. The molecule has 2 aromatic rings. The maximum absolute atomic E-state index is 12.1. The smallest absolute Gasteiger partial charge is 0.270 e. The highest BCUT2D eigenvalue weighted by Gasteiger charge is 2.09. The summed E-state index contributed by atoms with van der Waals surface area (Å²) < 4.78 is 4.94. The van der Waals surface area contributed by atoms with Gasteiger partial charge in [0, 0.05) is 36.8 Å². The van der Waals surface area contributed by atoms with Crippen LogP contribution in [-0.2, 0) is 4.79 Å². The van der Waals surface area contributed by atoms with E-state index in [0.29, 0.717) is 23.6 Å². The predicted octanol–water partition coefficient (Wildman–Crippen LogP) is 0.993. The van der Waals surface area contributed by atoms with Gasteiger partial charge >= 0.3 is 0 Å². The van der Waals surface area contributed by atoms with Crippen LogP contribution in [0.3, 0.4) is 0 Å². The molecule has 142 valence electrons. The molecule has 2 rings (SSSR count). The Morgan fingerprint density at radius 3 is 2.30 bits per heavy atom. The fourth-order valence-corrected chi connectivity index (χ4v) is 2.07. The van der Waals surface area contributed by atoms with E-state index in [2.05, 4.69) is 25.9 Å². The lowest BCUT2D eigenvalue weighted by molar-refractivity contribution is -0.115. The molecule has 0 aliphatic heterocycles. The van der Waals surface area contributed by atoms with Crippen LogP contribution in [-0.4, -0.2) is 47.9 Å². The van der Waals surface area contributed by atoms with Crippen LogP contribution < -0.4 is 20.7 Å². The third kappa shape index (κ3) is 6.07. The molecule has 1 heterocycles. The number of ether oxygens (including phenoxy) is 1. The van der Waals surface area contributed by atoms with Crippen LogP contribution in [0.15, 0.2) is 36.7 Å². The highest BCUT2D eigenvalue weighted by Crippen LogP contribution is 2.10. The molecule has 0 radical (unpaired) electrons. The molecule has 3 N–H and O–H groups in total. The number of carbonyl (C=O) groups excluding carboxylic acids is 3. The maximum atomic E-state index is 12.1. The molecule has 0 aliphatic rings. The van der Waals surface area contributed by atoms with Crippen molar-refractivity contribution in [3.63, 3.8) is 0 Å². The quantitative estimate of drug-likeness (QED) is 0.595. The van der Waals surface area contributed by atoms with Crippen molar-refractivity contribution in [3.05, 3.63) is 47.9 Å². The van der Waals surface area contributed by atoms with E-state index in [-0.39, 0.29) is 36.5 Å². The first kappa shape index (κ1) is 19.8. The Kier molecular flexibility index (Phi) is 7.24. The number of methoxy groups -OCH3 is 1. The highest BCUT2D eigenvalue weighted by molar-refractivity contribution is 5.96. The Bertz CT molecular complexity index is 808. The van der Waals surface area contributed by atoms with E-state index in [4.69, 9.17) is 4.74 Å². The SMILES string of the molecule is CCC(=O)Nc1ccc(C(=O)NCCNC(=O)c2cc(OC)ncn2)cc1. The van der Waals surface area contributed by atoms with Gasteiger partial charge in [-0.3, -0.25) is 14.4 Å². The number of hydrogen-bond donors (Lipinski definition) is 3. The average molecular weight is 371 g/mol. The van der Waals surface area contributed by atoms with Crippen molar-refractivity contribution >= 4 is 23.4 Å². The van der Waals surface area contributed by atoms with Gasteiger partial charge < -0.3 is 20.7 Å². The molecule has 0 unspecified atom stereocenters. The molecule has 0 saturated heterocycles. The summed E-state index contributed by atoms with van der Waals surface area (Å²) in [7, 11) is 1.45. The van der Waals surface area contributed by atoms with Gasteiger partial charge in [-0.15, -0.1) is 0 Å². The number of rotatable bonds is 8. The van der Waals surface area contributed by atoms with Crippen LogP contribution in [0, 0.1) is 0 Å². The number of hydrogen-bond acceptors (Lipinski definition) is 6. The van der Waals surface area contributed by atoms with Crippen molar-refractivity contribution in [3.8, 4) is 5.88 Å². The minimum absolute atomic E-state index is 0.0933. The van der Waals surface area contributed by atoms with E-state index < -0.39 is 0 Å². The van der Waals surface area contributed by atoms with Gasteiger partial charge in [-0.05, 0) is 24.3 Å². The van der Waals surface area contributed by atoms with E-state index in [1.807, 2.05) is 0 Å². The first-order valence-electron chi connectivity index (χ1n) is 8.35. The number of nitrogens with zero attached hydrogens (tertiary/aromatic N) is 2. The summed E-state index contributed by atoms with van der Waals surface area (Å²) in [5, 5.41) is 8.06. The predicted molar refractivity (Wildman–Crippen MR) is 98.6 cm³/mol. The Balaban J connectivity index is 1.77. The van der Waals surface area contributed by atoms with Gasteiger partial charge in [0.15, 0.2) is 0 Å². The van der Waals surface area contributed by atoms with Crippen molar-refractivity contribution in [2.45, 2.75) is 13.3 Å². The van der Waals surface area contributed by atoms with Crippen LogP contribution in [0.25, 0.3) is 0 Å². The highest BCUT2D eigenvalue weighted by atomic mass is 16.5. The molecular formula is C18H21N5O4. The Labute approximate surface area is 156 Å². The summed E-state index contributed by atoms with van der Waals surface area (Å²) in [6.07, 6.45) is 1.62. The van der Waals surface area contributed by atoms with E-state index in [0.717, 1.165) is 0 Å². The molecular weight excluding hydrogens is 350 g/mol. The number of carbonyl (C=O) groups is 3. The van der Waals surface area contributed by atoms with Gasteiger partial charge in [0.2, 0.25) is 11.8 Å². The molecule has 0 atom stereocenters. The molecule has 0 spiro atoms. The molecule has 0 fully saturated rings. The second-order valence-electron chi connectivity index (χ2n) is 5.44. The summed E-state index contributed by atoms with van der Waals surface area (Å²) in [5.41, 5.74) is 1.26. The normalized spacial score (nSPS) is 10.0. The molecule has 27 heavy (non-hydrogen) atoms. The largest absolute Gasteiger partial charge is 0.481 e. The summed E-state index contributed by atoms with van der Waals surface area (Å²) in [5.74, 6) is -0.464. The molecule has 9 heteroatoms. The molecule has 1 aromatic carbocycles. The Hall–Kier alpha value is -3.49. The zero-order valence-electron chi connectivity index (χ0n) is 15.1. The van der Waals surface area contributed by atoms with Crippen molar-refractivity contribution < 1.29 is 19.1 Å². The number of aromatic nitrogens is 2. The monoisotopic (exact) mass is 371 g/mol. The molecule has 3 amide bonds. The topological polar surface area (TPSA) is 122 Å². The molecule has 9 nitrogen and oxygen atoms in total. The second-order valence-corrected chi connectivity index (χ2v) is 5.44. The van der Waals surface area contributed by atoms with Crippen molar-refractivity contribution in [1.29, 1.82) is 0 Å². The van der Waals surface area contributed by atoms with Gasteiger partial charge in [-0.2, -0.15) is 0 Å². The lowest BCUT2D eigenvalue weighted by Gasteiger charge is -2.08. The van der Waals surface area contributed by atoms with Crippen LogP contribution >= 0.6 is 0 Å². The molecule has 1 aromatic heterocycles. The van der Waals surface area contributed by atoms with Crippen LogP contribution in [0.1, 0.15) is 34.2 Å². The van der Waals surface area contributed by atoms with Crippen molar-refractivity contribution in [2.75, 3.05) is 25.5 Å². The van der Waals surface area contributed by atoms with Crippen LogP contribution in [0.2, 0.25) is 0 Å². The first-order valence-corrected chi connectivity index (χ1v) is 8.35. The van der Waals surface area contributed by atoms with Crippen LogP contribution in [0.5, 0.6) is 5.88 Å². The first-order chi connectivity index (χ1) is 13.0. The van der Waals surface area contributed by atoms with Gasteiger partial charge in [0.05, 0.1) is 7.11 Å². The van der Waals surface area contributed by atoms with Gasteiger partial charge in [0.25, 0.3) is 11.8 Å². The summed E-state index contributed by atoms with van der Waals surface area (Å²) in [6.45, 7) is 2.25. The number of nitrogens with one attached hydrogen (secondary N) is 3. The van der Waals surface area contributed by atoms with E-state index in [1.54, 1.807) is 31.2 Å². The molecule has 0 aliphatic carbocycles. The van der Waals surface area contributed by atoms with Crippen molar-refractivity contribution in [1.82, 2.24) is 20.6 Å². The van der Waals surface area contributed by atoms with E-state index in [1.165, 1.54) is 19.5 Å². The lowest BCUT2D eigenvalue weighted by Crippen LogP contribution is -2.35. The van der Waals surface area contributed by atoms with Gasteiger partial charge in [0.1, 0.15) is 12.0 Å². The van der Waals surface area contributed by atoms with Gasteiger partial charge in [-0.25, -0.2) is 9.97 Å². The minimum atomic E-state index is -0.388. The van der Waals surface area contributed by atoms with Crippen LogP contribution in [0.4, 0.5) is 5.69 Å². The van der Waals surface area contributed by atoms with E-state index in [9.17, 15) is 14.4 Å². The third-order valence-corrected chi connectivity index (χ3v) is 3.53. The average Bonchev–Trinajstić information content (AvgIpc) is 2.71. The Morgan fingerprint density at radius 1 is 1.00 bits per heavy atom. The number of anilines is 1. The summed E-state index contributed by atoms with van der Waals surface area (Å²) in [4.78, 5) is 43.1. The maximum Gasteiger partial charge on any atom is 0.270 e. The van der Waals surface area contributed by atoms with Gasteiger partial charge in [-0.1, -0.05) is 6.92 Å².